The Morgan fingerprint density at radius 3 is 2.44 bits per heavy atom. The van der Waals surface area contributed by atoms with Crippen LogP contribution in [0.4, 0.5) is 13.2 Å². The molecule has 9 heteroatoms. The molecule has 1 atom stereocenters. The van der Waals surface area contributed by atoms with E-state index in [0.29, 0.717) is 23.1 Å². The Balaban J connectivity index is 1.72. The summed E-state index contributed by atoms with van der Waals surface area (Å²) in [5, 5.41) is 12.0. The van der Waals surface area contributed by atoms with Gasteiger partial charge in [-0.3, -0.25) is 9.59 Å². The molecule has 0 saturated heterocycles. The lowest BCUT2D eigenvalue weighted by Crippen LogP contribution is -2.40. The number of hydrogen-bond donors (Lipinski definition) is 1. The molecule has 2 aromatic carbocycles. The average Bonchev–Trinajstić information content (AvgIpc) is 3.02. The zero-order valence-corrected chi connectivity index (χ0v) is 17.6. The van der Waals surface area contributed by atoms with Crippen LogP contribution in [0.5, 0.6) is 5.75 Å². The third-order valence-corrected chi connectivity index (χ3v) is 5.21. The number of hydrogen-bond acceptors (Lipinski definition) is 4. The van der Waals surface area contributed by atoms with Crippen molar-refractivity contribution in [2.45, 2.75) is 39.2 Å². The SMILES string of the molecule is CC(C)(C#N)CCN1C(=O)c2ccccc2C1C(=O)NCc1ccc(OC(F)(F)F)cc1. The molecule has 1 aliphatic heterocycles. The van der Waals surface area contributed by atoms with Crippen molar-refractivity contribution < 1.29 is 27.5 Å². The number of ether oxygens (including phenoxy) is 1. The van der Waals surface area contributed by atoms with Gasteiger partial charge in [0.15, 0.2) is 0 Å². The van der Waals surface area contributed by atoms with Crippen molar-refractivity contribution in [1.82, 2.24) is 10.2 Å². The lowest BCUT2D eigenvalue weighted by atomic mass is 9.91. The molecular formula is C23H22F3N3O3. The van der Waals surface area contributed by atoms with Gasteiger partial charge in [0.2, 0.25) is 5.91 Å². The summed E-state index contributed by atoms with van der Waals surface area (Å²) in [4.78, 5) is 27.4. The van der Waals surface area contributed by atoms with Crippen LogP contribution in [-0.2, 0) is 11.3 Å². The summed E-state index contributed by atoms with van der Waals surface area (Å²) >= 11 is 0. The predicted molar refractivity (Wildman–Crippen MR) is 109 cm³/mol. The number of carbonyl (C=O) groups excluding carboxylic acids is 2. The fraction of sp³-hybridized carbons (Fsp3) is 0.348. The van der Waals surface area contributed by atoms with Crippen molar-refractivity contribution in [3.63, 3.8) is 0 Å². The Morgan fingerprint density at radius 2 is 1.81 bits per heavy atom. The minimum atomic E-state index is -4.78. The van der Waals surface area contributed by atoms with E-state index in [1.54, 1.807) is 38.1 Å². The quantitative estimate of drug-likeness (QED) is 0.688. The van der Waals surface area contributed by atoms with Crippen LogP contribution in [0.3, 0.4) is 0 Å². The van der Waals surface area contributed by atoms with Gasteiger partial charge in [-0.15, -0.1) is 13.2 Å². The van der Waals surface area contributed by atoms with Crippen molar-refractivity contribution in [1.29, 1.82) is 5.26 Å². The molecule has 168 valence electrons. The van der Waals surface area contributed by atoms with E-state index < -0.39 is 23.7 Å². The molecule has 0 spiro atoms. The summed E-state index contributed by atoms with van der Waals surface area (Å²) in [7, 11) is 0. The van der Waals surface area contributed by atoms with Crippen molar-refractivity contribution in [2.75, 3.05) is 6.54 Å². The highest BCUT2D eigenvalue weighted by molar-refractivity contribution is 6.04. The number of benzene rings is 2. The minimum Gasteiger partial charge on any atom is -0.406 e. The van der Waals surface area contributed by atoms with E-state index in [4.69, 9.17) is 0 Å². The van der Waals surface area contributed by atoms with Gasteiger partial charge < -0.3 is 15.0 Å². The highest BCUT2D eigenvalue weighted by Gasteiger charge is 2.41. The Morgan fingerprint density at radius 1 is 1.16 bits per heavy atom. The standard InChI is InChI=1S/C23H22F3N3O3/c1-22(2,14-27)11-12-29-19(17-5-3-4-6-18(17)21(29)31)20(30)28-13-15-7-9-16(10-8-15)32-23(24,25)26/h3-10,19H,11-13H2,1-2H3,(H,28,30). The zero-order valence-electron chi connectivity index (χ0n) is 17.6. The number of nitrogens with one attached hydrogen (secondary N) is 1. The second kappa shape index (κ2) is 8.91. The van der Waals surface area contributed by atoms with E-state index in [-0.39, 0.29) is 24.7 Å². The molecule has 2 amide bonds. The molecule has 1 N–H and O–H groups in total. The highest BCUT2D eigenvalue weighted by atomic mass is 19.4. The Labute approximate surface area is 183 Å². The number of fused-ring (bicyclic) bond motifs is 1. The number of amides is 2. The number of alkyl halides is 3. The maximum absolute atomic E-state index is 13.0. The van der Waals surface area contributed by atoms with E-state index in [9.17, 15) is 28.0 Å². The first-order valence-electron chi connectivity index (χ1n) is 9.94. The van der Waals surface area contributed by atoms with Crippen LogP contribution >= 0.6 is 0 Å². The van der Waals surface area contributed by atoms with Crippen LogP contribution in [0.2, 0.25) is 0 Å². The fourth-order valence-electron chi connectivity index (χ4n) is 3.43. The van der Waals surface area contributed by atoms with Crippen LogP contribution in [-0.4, -0.2) is 29.6 Å². The van der Waals surface area contributed by atoms with Crippen molar-refractivity contribution in [3.05, 3.63) is 65.2 Å². The third-order valence-electron chi connectivity index (χ3n) is 5.21. The van der Waals surface area contributed by atoms with E-state index in [1.165, 1.54) is 29.2 Å². The summed E-state index contributed by atoms with van der Waals surface area (Å²) < 4.78 is 40.7. The minimum absolute atomic E-state index is 0.0650. The summed E-state index contributed by atoms with van der Waals surface area (Å²) in [5.41, 5.74) is 0.938. The highest BCUT2D eigenvalue weighted by Crippen LogP contribution is 2.35. The summed E-state index contributed by atoms with van der Waals surface area (Å²) in [6.07, 6.45) is -4.38. The molecule has 1 aliphatic rings. The summed E-state index contributed by atoms with van der Waals surface area (Å²) in [6.45, 7) is 3.83. The smallest absolute Gasteiger partial charge is 0.406 e. The lowest BCUT2D eigenvalue weighted by Gasteiger charge is -2.27. The first-order valence-corrected chi connectivity index (χ1v) is 9.94. The van der Waals surface area contributed by atoms with E-state index in [2.05, 4.69) is 16.1 Å². The third kappa shape index (κ3) is 5.38. The summed E-state index contributed by atoms with van der Waals surface area (Å²) in [5.74, 6) is -1.04. The molecule has 0 radical (unpaired) electrons. The number of rotatable bonds is 7. The molecule has 3 rings (SSSR count). The van der Waals surface area contributed by atoms with Crippen LogP contribution in [0.1, 0.15) is 47.8 Å². The monoisotopic (exact) mass is 445 g/mol. The van der Waals surface area contributed by atoms with Gasteiger partial charge in [0.05, 0.1) is 11.5 Å². The number of nitrogens with zero attached hydrogens (tertiary/aromatic N) is 2. The second-order valence-electron chi connectivity index (χ2n) is 8.14. The van der Waals surface area contributed by atoms with Gasteiger partial charge in [-0.2, -0.15) is 5.26 Å². The maximum atomic E-state index is 13.0. The molecule has 0 aromatic heterocycles. The average molecular weight is 445 g/mol. The van der Waals surface area contributed by atoms with Crippen LogP contribution < -0.4 is 10.1 Å². The Bertz CT molecular complexity index is 1040. The van der Waals surface area contributed by atoms with E-state index in [1.807, 2.05) is 0 Å². The predicted octanol–water partition coefficient (Wildman–Crippen LogP) is 4.34. The fourth-order valence-corrected chi connectivity index (χ4v) is 3.43. The van der Waals surface area contributed by atoms with Gasteiger partial charge in [-0.1, -0.05) is 30.3 Å². The topological polar surface area (TPSA) is 82.4 Å². The van der Waals surface area contributed by atoms with Crippen LogP contribution in [0.15, 0.2) is 48.5 Å². The van der Waals surface area contributed by atoms with Gasteiger partial charge in [-0.25, -0.2) is 0 Å². The molecule has 2 aromatic rings. The normalized spacial score (nSPS) is 15.8. The van der Waals surface area contributed by atoms with Gasteiger partial charge in [0, 0.05) is 18.7 Å². The zero-order chi connectivity index (χ0) is 23.5. The van der Waals surface area contributed by atoms with Gasteiger partial charge in [-0.05, 0) is 49.6 Å². The largest absolute Gasteiger partial charge is 0.573 e. The molecule has 0 aliphatic carbocycles. The van der Waals surface area contributed by atoms with Crippen LogP contribution in [0, 0.1) is 16.7 Å². The second-order valence-corrected chi connectivity index (χ2v) is 8.14. The van der Waals surface area contributed by atoms with Crippen molar-refractivity contribution >= 4 is 11.8 Å². The molecule has 0 bridgehead atoms. The molecule has 1 unspecified atom stereocenters. The Hall–Kier alpha value is -3.54. The number of nitriles is 1. The maximum Gasteiger partial charge on any atom is 0.573 e. The van der Waals surface area contributed by atoms with E-state index in [0.717, 1.165) is 0 Å². The van der Waals surface area contributed by atoms with Gasteiger partial charge in [0.1, 0.15) is 11.8 Å². The van der Waals surface area contributed by atoms with Gasteiger partial charge >= 0.3 is 6.36 Å². The summed E-state index contributed by atoms with van der Waals surface area (Å²) in [6, 6.07) is 13.4. The molecule has 0 fully saturated rings. The van der Waals surface area contributed by atoms with Crippen LogP contribution in [0.25, 0.3) is 0 Å². The molecule has 1 heterocycles. The van der Waals surface area contributed by atoms with Crippen molar-refractivity contribution in [2.24, 2.45) is 5.41 Å². The molecular weight excluding hydrogens is 423 g/mol. The first kappa shape index (κ1) is 23.1. The Kier molecular flexibility index (Phi) is 6.44. The molecule has 6 nitrogen and oxygen atoms in total. The lowest BCUT2D eigenvalue weighted by molar-refractivity contribution is -0.274. The number of carbonyl (C=O) groups is 2. The van der Waals surface area contributed by atoms with Gasteiger partial charge in [0.25, 0.3) is 5.91 Å². The number of halogens is 3. The molecule has 0 saturated carbocycles. The first-order chi connectivity index (χ1) is 15.0. The molecule has 32 heavy (non-hydrogen) atoms. The van der Waals surface area contributed by atoms with Crippen molar-refractivity contribution in [3.8, 4) is 11.8 Å². The van der Waals surface area contributed by atoms with E-state index >= 15 is 0 Å².